The van der Waals surface area contributed by atoms with Gasteiger partial charge in [0.05, 0.1) is 41.1 Å². The van der Waals surface area contributed by atoms with Crippen LogP contribution in [0.5, 0.6) is 11.5 Å². The van der Waals surface area contributed by atoms with E-state index in [1.165, 1.54) is 37.0 Å². The Morgan fingerprint density at radius 3 is 2.58 bits per heavy atom. The van der Waals surface area contributed by atoms with Crippen LogP contribution in [-0.4, -0.2) is 30.7 Å². The highest BCUT2D eigenvalue weighted by molar-refractivity contribution is 7.07. The van der Waals surface area contributed by atoms with Gasteiger partial charge in [0, 0.05) is 18.6 Å². The van der Waals surface area contributed by atoms with Crippen molar-refractivity contribution >= 4 is 41.0 Å². The van der Waals surface area contributed by atoms with E-state index in [2.05, 4.69) is 4.99 Å². The number of thiazole rings is 1. The number of halogens is 1. The van der Waals surface area contributed by atoms with E-state index in [4.69, 9.17) is 30.2 Å². The summed E-state index contributed by atoms with van der Waals surface area (Å²) < 4.78 is 23.5. The lowest BCUT2D eigenvalue weighted by Crippen LogP contribution is -2.39. The van der Waals surface area contributed by atoms with Crippen molar-refractivity contribution in [3.63, 3.8) is 0 Å². The zero-order chi connectivity index (χ0) is 28.6. The number of methoxy groups -OCH3 is 2. The fourth-order valence-corrected chi connectivity index (χ4v) is 5.72. The second-order valence-corrected chi connectivity index (χ2v) is 10.2. The fraction of sp³-hybridized carbons (Fsp3) is 0.172. The zero-order valence-corrected chi connectivity index (χ0v) is 23.5. The second kappa shape index (κ2) is 11.0. The molecule has 0 amide bonds. The molecule has 2 aromatic carbocycles. The standard InChI is InChI=1S/C29H23ClN2O7S/c1-15-25(28(35)37-4)26(17-9-11-22(38-16(2)33)23(13-17)36-3)32-27(34)24(40-29(32)31-15)14-18-10-12-21(39-18)19-7-5-6-8-20(19)30/h5-14,26H,1-4H3/b24-14+. The molecule has 0 N–H and O–H groups in total. The maximum Gasteiger partial charge on any atom is 0.338 e. The molecule has 11 heteroatoms. The molecular weight excluding hydrogens is 556 g/mol. The maximum atomic E-state index is 13.8. The van der Waals surface area contributed by atoms with Gasteiger partial charge in [-0.05, 0) is 48.9 Å². The summed E-state index contributed by atoms with van der Waals surface area (Å²) in [7, 11) is 2.70. The molecule has 5 rings (SSSR count). The quantitative estimate of drug-likeness (QED) is 0.248. The van der Waals surface area contributed by atoms with Crippen LogP contribution in [-0.2, 0) is 14.3 Å². The number of allylic oxidation sites excluding steroid dienone is 1. The molecule has 0 fully saturated rings. The number of esters is 2. The second-order valence-electron chi connectivity index (χ2n) is 8.76. The number of carbonyl (C=O) groups is 2. The molecule has 204 valence electrons. The van der Waals surface area contributed by atoms with Crippen molar-refractivity contribution in [1.82, 2.24) is 4.57 Å². The van der Waals surface area contributed by atoms with E-state index in [1.807, 2.05) is 18.2 Å². The molecule has 40 heavy (non-hydrogen) atoms. The van der Waals surface area contributed by atoms with E-state index in [0.29, 0.717) is 37.1 Å². The molecular formula is C29H23ClN2O7S. The number of rotatable bonds is 6. The summed E-state index contributed by atoms with van der Waals surface area (Å²) >= 11 is 7.47. The van der Waals surface area contributed by atoms with Crippen molar-refractivity contribution in [2.75, 3.05) is 14.2 Å². The van der Waals surface area contributed by atoms with Crippen molar-refractivity contribution in [3.05, 3.63) is 102 Å². The van der Waals surface area contributed by atoms with Gasteiger partial charge < -0.3 is 18.6 Å². The number of hydrogen-bond acceptors (Lipinski definition) is 9. The predicted molar refractivity (Wildman–Crippen MR) is 149 cm³/mol. The Kier molecular flexibility index (Phi) is 7.46. The Labute approximate surface area is 237 Å². The van der Waals surface area contributed by atoms with Gasteiger partial charge in [-0.25, -0.2) is 9.79 Å². The molecule has 0 aliphatic carbocycles. The molecule has 1 unspecified atom stereocenters. The average Bonchev–Trinajstić information content (AvgIpc) is 3.51. The third-order valence-corrected chi connectivity index (χ3v) is 7.54. The molecule has 0 saturated carbocycles. The number of benzene rings is 2. The lowest BCUT2D eigenvalue weighted by molar-refractivity contribution is -0.136. The summed E-state index contributed by atoms with van der Waals surface area (Å²) in [5, 5.41) is 0.545. The van der Waals surface area contributed by atoms with Gasteiger partial charge in [-0.2, -0.15) is 0 Å². The average molecular weight is 579 g/mol. The number of furan rings is 1. The molecule has 0 radical (unpaired) electrons. The highest BCUT2D eigenvalue weighted by Gasteiger charge is 2.33. The van der Waals surface area contributed by atoms with Gasteiger partial charge in [-0.1, -0.05) is 41.1 Å². The summed E-state index contributed by atoms with van der Waals surface area (Å²) in [4.78, 5) is 43.2. The van der Waals surface area contributed by atoms with Gasteiger partial charge in [0.2, 0.25) is 0 Å². The normalized spacial score (nSPS) is 14.9. The van der Waals surface area contributed by atoms with Crippen LogP contribution in [0.3, 0.4) is 0 Å². The van der Waals surface area contributed by atoms with Gasteiger partial charge >= 0.3 is 11.9 Å². The topological polar surface area (TPSA) is 109 Å². The highest BCUT2D eigenvalue weighted by Crippen LogP contribution is 2.36. The first-order valence-corrected chi connectivity index (χ1v) is 13.2. The van der Waals surface area contributed by atoms with Gasteiger partial charge in [-0.15, -0.1) is 0 Å². The van der Waals surface area contributed by atoms with Gasteiger partial charge in [-0.3, -0.25) is 14.2 Å². The summed E-state index contributed by atoms with van der Waals surface area (Å²) in [6.07, 6.45) is 1.63. The molecule has 1 atom stereocenters. The lowest BCUT2D eigenvalue weighted by atomic mass is 9.95. The van der Waals surface area contributed by atoms with Crippen molar-refractivity contribution in [2.24, 2.45) is 4.99 Å². The SMILES string of the molecule is COC(=O)C1=C(C)N=c2s/c(=C/c3ccc(-c4ccccc4Cl)o3)c(=O)n2C1c1ccc(OC(C)=O)c(OC)c1. The molecule has 0 bridgehead atoms. The van der Waals surface area contributed by atoms with Crippen molar-refractivity contribution in [2.45, 2.75) is 19.9 Å². The Morgan fingerprint density at radius 2 is 1.88 bits per heavy atom. The minimum absolute atomic E-state index is 0.197. The monoisotopic (exact) mass is 578 g/mol. The van der Waals surface area contributed by atoms with E-state index in [1.54, 1.807) is 49.4 Å². The number of ether oxygens (including phenoxy) is 3. The zero-order valence-electron chi connectivity index (χ0n) is 21.9. The van der Waals surface area contributed by atoms with Gasteiger partial charge in [0.25, 0.3) is 5.56 Å². The molecule has 9 nitrogen and oxygen atoms in total. The number of hydrogen-bond donors (Lipinski definition) is 0. The maximum absolute atomic E-state index is 13.8. The van der Waals surface area contributed by atoms with E-state index in [9.17, 15) is 14.4 Å². The largest absolute Gasteiger partial charge is 0.493 e. The molecule has 0 saturated heterocycles. The Morgan fingerprint density at radius 1 is 1.10 bits per heavy atom. The van der Waals surface area contributed by atoms with Crippen molar-refractivity contribution in [3.8, 4) is 22.8 Å². The van der Waals surface area contributed by atoms with Gasteiger partial charge in [0.1, 0.15) is 11.5 Å². The van der Waals surface area contributed by atoms with Gasteiger partial charge in [0.15, 0.2) is 16.3 Å². The first-order chi connectivity index (χ1) is 19.2. The number of aromatic nitrogens is 1. The molecule has 1 aliphatic rings. The van der Waals surface area contributed by atoms with Crippen LogP contribution in [0.1, 0.15) is 31.2 Å². The van der Waals surface area contributed by atoms with E-state index >= 15 is 0 Å². The van der Waals surface area contributed by atoms with Crippen LogP contribution in [0, 0.1) is 0 Å². The minimum Gasteiger partial charge on any atom is -0.493 e. The van der Waals surface area contributed by atoms with E-state index in [-0.39, 0.29) is 22.6 Å². The molecule has 2 aromatic heterocycles. The van der Waals surface area contributed by atoms with Crippen LogP contribution >= 0.6 is 22.9 Å². The summed E-state index contributed by atoms with van der Waals surface area (Å²) in [5.74, 6) is 0.342. The molecule has 4 aromatic rings. The number of nitrogens with zero attached hydrogens (tertiary/aromatic N) is 2. The van der Waals surface area contributed by atoms with Crippen LogP contribution in [0.15, 0.2) is 80.1 Å². The Balaban J connectivity index is 1.66. The number of fused-ring (bicyclic) bond motifs is 1. The minimum atomic E-state index is -0.874. The molecule has 0 spiro atoms. The lowest BCUT2D eigenvalue weighted by Gasteiger charge is -2.25. The first kappa shape index (κ1) is 27.2. The summed E-state index contributed by atoms with van der Waals surface area (Å²) in [6, 6.07) is 14.8. The molecule has 1 aliphatic heterocycles. The van der Waals surface area contributed by atoms with Crippen LogP contribution in [0.2, 0.25) is 5.02 Å². The molecule has 3 heterocycles. The third kappa shape index (κ3) is 4.99. The Bertz CT molecular complexity index is 1870. The smallest absolute Gasteiger partial charge is 0.338 e. The van der Waals surface area contributed by atoms with Crippen molar-refractivity contribution in [1.29, 1.82) is 0 Å². The van der Waals surface area contributed by atoms with E-state index in [0.717, 1.165) is 5.56 Å². The highest BCUT2D eigenvalue weighted by atomic mass is 35.5. The first-order valence-electron chi connectivity index (χ1n) is 12.0. The number of carbonyl (C=O) groups excluding carboxylic acids is 2. The van der Waals surface area contributed by atoms with Crippen LogP contribution < -0.4 is 24.4 Å². The summed E-state index contributed by atoms with van der Waals surface area (Å²) in [6.45, 7) is 2.96. The van der Waals surface area contributed by atoms with Crippen molar-refractivity contribution < 1.29 is 28.2 Å². The van der Waals surface area contributed by atoms with E-state index < -0.39 is 18.0 Å². The third-order valence-electron chi connectivity index (χ3n) is 6.22. The Hall–Kier alpha value is -4.41. The predicted octanol–water partition coefficient (Wildman–Crippen LogP) is 4.26. The fourth-order valence-electron chi connectivity index (χ4n) is 4.47. The van der Waals surface area contributed by atoms with Crippen LogP contribution in [0.25, 0.3) is 17.4 Å². The summed E-state index contributed by atoms with van der Waals surface area (Å²) in [5.41, 5.74) is 1.50. The van der Waals surface area contributed by atoms with Crippen LogP contribution in [0.4, 0.5) is 0 Å².